The second kappa shape index (κ2) is 8.42. The van der Waals surface area contributed by atoms with Crippen molar-refractivity contribution >= 4 is 27.8 Å². The van der Waals surface area contributed by atoms with Gasteiger partial charge in [0.1, 0.15) is 5.65 Å². The van der Waals surface area contributed by atoms with E-state index in [0.717, 1.165) is 36.3 Å². The zero-order chi connectivity index (χ0) is 22.2. The van der Waals surface area contributed by atoms with Crippen molar-refractivity contribution in [1.82, 2.24) is 14.9 Å². The number of amides is 1. The number of likely N-dealkylation sites (N-methyl/N-ethyl adjacent to an activating group) is 1. The number of carbonyl (C=O) groups excluding carboxylic acids is 1. The number of pyridine rings is 1. The standard InChI is InChI=1S/C28H31N3O/c1-18-16-19(2)30-27-25(18)23-10-6-7-11-24(23)31(27)17-20-12-14-22(15-13-20)26(28(32)29-3)21-8-4-5-9-21/h6-7,10-16,21,26H,4-5,8-9,17H2,1-3H3,(H,29,32). The summed E-state index contributed by atoms with van der Waals surface area (Å²) in [6, 6.07) is 19.4. The number of rotatable bonds is 5. The van der Waals surface area contributed by atoms with Crippen LogP contribution in [0.4, 0.5) is 0 Å². The van der Waals surface area contributed by atoms with Crippen molar-refractivity contribution in [3.05, 3.63) is 77.0 Å². The van der Waals surface area contributed by atoms with Gasteiger partial charge in [0, 0.05) is 30.1 Å². The van der Waals surface area contributed by atoms with Gasteiger partial charge in [-0.15, -0.1) is 0 Å². The van der Waals surface area contributed by atoms with Gasteiger partial charge in [-0.05, 0) is 61.4 Å². The highest BCUT2D eigenvalue weighted by atomic mass is 16.1. The number of hydrogen-bond donors (Lipinski definition) is 1. The quantitative estimate of drug-likeness (QED) is 0.434. The van der Waals surface area contributed by atoms with Gasteiger partial charge in [-0.25, -0.2) is 4.98 Å². The summed E-state index contributed by atoms with van der Waals surface area (Å²) in [5.74, 6) is 0.548. The van der Waals surface area contributed by atoms with Crippen molar-refractivity contribution in [2.45, 2.75) is 52.0 Å². The van der Waals surface area contributed by atoms with Gasteiger partial charge in [0.15, 0.2) is 0 Å². The summed E-state index contributed by atoms with van der Waals surface area (Å²) >= 11 is 0. The number of benzene rings is 2. The Morgan fingerprint density at radius 1 is 1.09 bits per heavy atom. The minimum atomic E-state index is -0.0447. The maximum atomic E-state index is 12.7. The van der Waals surface area contributed by atoms with E-state index in [-0.39, 0.29) is 11.8 Å². The molecule has 164 valence electrons. The van der Waals surface area contributed by atoms with E-state index in [1.807, 2.05) is 0 Å². The van der Waals surface area contributed by atoms with E-state index in [2.05, 4.69) is 78.3 Å². The zero-order valence-corrected chi connectivity index (χ0v) is 19.2. The van der Waals surface area contributed by atoms with Crippen LogP contribution in [0, 0.1) is 19.8 Å². The van der Waals surface area contributed by atoms with Crippen LogP contribution in [-0.4, -0.2) is 22.5 Å². The summed E-state index contributed by atoms with van der Waals surface area (Å²) in [6.07, 6.45) is 4.75. The summed E-state index contributed by atoms with van der Waals surface area (Å²) in [7, 11) is 1.75. The highest BCUT2D eigenvalue weighted by Crippen LogP contribution is 2.38. The molecule has 0 spiro atoms. The van der Waals surface area contributed by atoms with Gasteiger partial charge in [-0.2, -0.15) is 0 Å². The first-order valence-electron chi connectivity index (χ1n) is 11.7. The third kappa shape index (κ3) is 3.58. The van der Waals surface area contributed by atoms with Crippen molar-refractivity contribution < 1.29 is 4.79 Å². The van der Waals surface area contributed by atoms with Crippen LogP contribution < -0.4 is 5.32 Å². The molecule has 1 unspecified atom stereocenters. The minimum absolute atomic E-state index is 0.0447. The van der Waals surface area contributed by atoms with Crippen molar-refractivity contribution in [2.24, 2.45) is 5.92 Å². The summed E-state index contributed by atoms with van der Waals surface area (Å²) in [4.78, 5) is 17.6. The van der Waals surface area contributed by atoms with Crippen LogP contribution in [0.15, 0.2) is 54.6 Å². The summed E-state index contributed by atoms with van der Waals surface area (Å²) in [5, 5.41) is 5.39. The van der Waals surface area contributed by atoms with Gasteiger partial charge in [0.2, 0.25) is 5.91 Å². The molecule has 4 aromatic rings. The fourth-order valence-electron chi connectivity index (χ4n) is 5.64. The molecule has 32 heavy (non-hydrogen) atoms. The number of carbonyl (C=O) groups is 1. The van der Waals surface area contributed by atoms with E-state index < -0.39 is 0 Å². The normalized spacial score (nSPS) is 15.5. The number of hydrogen-bond acceptors (Lipinski definition) is 2. The van der Waals surface area contributed by atoms with Crippen LogP contribution in [0.1, 0.15) is 54.0 Å². The summed E-state index contributed by atoms with van der Waals surface area (Å²) in [6.45, 7) is 4.99. The van der Waals surface area contributed by atoms with Crippen LogP contribution in [0.25, 0.3) is 21.9 Å². The van der Waals surface area contributed by atoms with Crippen LogP contribution in [0.3, 0.4) is 0 Å². The predicted octanol–water partition coefficient (Wildman–Crippen LogP) is 5.87. The molecule has 1 N–H and O–H groups in total. The minimum Gasteiger partial charge on any atom is -0.359 e. The number of aryl methyl sites for hydroxylation is 2. The van der Waals surface area contributed by atoms with E-state index in [1.165, 1.54) is 40.3 Å². The highest BCUT2D eigenvalue weighted by Gasteiger charge is 2.31. The van der Waals surface area contributed by atoms with Crippen molar-refractivity contribution in [2.75, 3.05) is 7.05 Å². The lowest BCUT2D eigenvalue weighted by molar-refractivity contribution is -0.123. The molecule has 0 saturated heterocycles. The Labute approximate surface area is 189 Å². The SMILES string of the molecule is CNC(=O)C(c1ccc(Cn2c3ccccc3c3c(C)cc(C)nc32)cc1)C1CCCC1. The van der Waals surface area contributed by atoms with E-state index in [1.54, 1.807) is 7.05 Å². The monoisotopic (exact) mass is 425 g/mol. The molecule has 1 atom stereocenters. The van der Waals surface area contributed by atoms with E-state index >= 15 is 0 Å². The Kier molecular flexibility index (Phi) is 5.46. The van der Waals surface area contributed by atoms with E-state index in [0.29, 0.717) is 5.92 Å². The third-order valence-corrected chi connectivity index (χ3v) is 7.13. The Bertz CT molecular complexity index is 1280. The average Bonchev–Trinajstić information content (AvgIpc) is 3.42. The molecule has 2 heterocycles. The van der Waals surface area contributed by atoms with Gasteiger partial charge >= 0.3 is 0 Å². The average molecular weight is 426 g/mol. The van der Waals surface area contributed by atoms with Crippen molar-refractivity contribution in [3.63, 3.8) is 0 Å². The first kappa shape index (κ1) is 20.7. The van der Waals surface area contributed by atoms with Gasteiger partial charge < -0.3 is 9.88 Å². The number of fused-ring (bicyclic) bond motifs is 3. The molecule has 0 radical (unpaired) electrons. The van der Waals surface area contributed by atoms with Gasteiger partial charge in [-0.1, -0.05) is 55.3 Å². The number of para-hydroxylation sites is 1. The topological polar surface area (TPSA) is 46.9 Å². The molecule has 5 rings (SSSR count). The van der Waals surface area contributed by atoms with Crippen molar-refractivity contribution in [1.29, 1.82) is 0 Å². The van der Waals surface area contributed by atoms with Crippen LogP contribution in [0.2, 0.25) is 0 Å². The van der Waals surface area contributed by atoms with Crippen LogP contribution in [-0.2, 0) is 11.3 Å². The molecule has 1 aliphatic rings. The van der Waals surface area contributed by atoms with Crippen LogP contribution >= 0.6 is 0 Å². The molecule has 1 fully saturated rings. The number of aromatic nitrogens is 2. The molecule has 4 heteroatoms. The molecule has 0 bridgehead atoms. The second-order valence-electron chi connectivity index (χ2n) is 9.26. The van der Waals surface area contributed by atoms with Crippen molar-refractivity contribution in [3.8, 4) is 0 Å². The fourth-order valence-corrected chi connectivity index (χ4v) is 5.64. The Hall–Kier alpha value is -3.14. The fraction of sp³-hybridized carbons (Fsp3) is 0.357. The first-order valence-corrected chi connectivity index (χ1v) is 11.7. The lowest BCUT2D eigenvalue weighted by atomic mass is 9.84. The van der Waals surface area contributed by atoms with Gasteiger partial charge in [0.25, 0.3) is 0 Å². The molecule has 1 saturated carbocycles. The molecular formula is C28H31N3O. The maximum absolute atomic E-state index is 12.7. The second-order valence-corrected chi connectivity index (χ2v) is 9.26. The van der Waals surface area contributed by atoms with E-state index in [9.17, 15) is 4.79 Å². The predicted molar refractivity (Wildman–Crippen MR) is 131 cm³/mol. The van der Waals surface area contributed by atoms with Crippen LogP contribution in [0.5, 0.6) is 0 Å². The summed E-state index contributed by atoms with van der Waals surface area (Å²) < 4.78 is 2.33. The lowest BCUT2D eigenvalue weighted by Gasteiger charge is -2.22. The zero-order valence-electron chi connectivity index (χ0n) is 19.2. The Morgan fingerprint density at radius 3 is 2.53 bits per heavy atom. The molecule has 1 aliphatic carbocycles. The largest absolute Gasteiger partial charge is 0.359 e. The van der Waals surface area contributed by atoms with E-state index in [4.69, 9.17) is 4.98 Å². The van der Waals surface area contributed by atoms with Gasteiger partial charge in [0.05, 0.1) is 11.4 Å². The molecule has 1 amide bonds. The molecule has 0 aliphatic heterocycles. The third-order valence-electron chi connectivity index (χ3n) is 7.13. The summed E-state index contributed by atoms with van der Waals surface area (Å²) in [5.41, 5.74) is 6.91. The molecule has 4 nitrogen and oxygen atoms in total. The maximum Gasteiger partial charge on any atom is 0.227 e. The smallest absolute Gasteiger partial charge is 0.227 e. The molecule has 2 aromatic carbocycles. The Balaban J connectivity index is 1.52. The highest BCUT2D eigenvalue weighted by molar-refractivity contribution is 6.08. The number of nitrogens with one attached hydrogen (secondary N) is 1. The van der Waals surface area contributed by atoms with Gasteiger partial charge in [-0.3, -0.25) is 4.79 Å². The Morgan fingerprint density at radius 2 is 1.81 bits per heavy atom. The molecule has 2 aromatic heterocycles. The lowest BCUT2D eigenvalue weighted by Crippen LogP contribution is -2.30. The molecular weight excluding hydrogens is 394 g/mol. The first-order chi connectivity index (χ1) is 15.6. The number of nitrogens with zero attached hydrogens (tertiary/aromatic N) is 2.